The van der Waals surface area contributed by atoms with Gasteiger partial charge < -0.3 is 10.6 Å². The topological polar surface area (TPSA) is 58.2 Å². The first-order valence-electron chi connectivity index (χ1n) is 9.91. The minimum absolute atomic E-state index is 0.158. The van der Waals surface area contributed by atoms with Crippen molar-refractivity contribution in [3.8, 4) is 0 Å². The van der Waals surface area contributed by atoms with Crippen LogP contribution in [0.4, 0.5) is 10.7 Å². The molecule has 3 aromatic rings. The Kier molecular flexibility index (Phi) is 5.49. The minimum atomic E-state index is -0.192. The lowest BCUT2D eigenvalue weighted by molar-refractivity contribution is 0.102. The smallest absolute Gasteiger partial charge is 0.258 e. The molecule has 2 N–H and O–H groups in total. The summed E-state index contributed by atoms with van der Waals surface area (Å²) in [5.74, 6) is 0.239. The SMILES string of the molecule is Cc1ccccc1NC(=O)c1c(NC(=O)c2ccccc2)sc2c1CCC(C)C2. The fourth-order valence-electron chi connectivity index (χ4n) is 3.74. The van der Waals surface area contributed by atoms with E-state index in [0.29, 0.717) is 22.0 Å². The van der Waals surface area contributed by atoms with E-state index in [1.807, 2.05) is 49.4 Å². The highest BCUT2D eigenvalue weighted by atomic mass is 32.1. The van der Waals surface area contributed by atoms with Crippen molar-refractivity contribution in [2.45, 2.75) is 33.1 Å². The lowest BCUT2D eigenvalue weighted by atomic mass is 9.88. The van der Waals surface area contributed by atoms with Crippen molar-refractivity contribution in [1.82, 2.24) is 0 Å². The van der Waals surface area contributed by atoms with Gasteiger partial charge in [0.1, 0.15) is 5.00 Å². The fraction of sp³-hybridized carbons (Fsp3) is 0.250. The molecule has 0 fully saturated rings. The van der Waals surface area contributed by atoms with Crippen molar-refractivity contribution >= 4 is 33.8 Å². The van der Waals surface area contributed by atoms with Crippen LogP contribution >= 0.6 is 11.3 Å². The molecule has 2 aromatic carbocycles. The van der Waals surface area contributed by atoms with Crippen LogP contribution in [0.2, 0.25) is 0 Å². The summed E-state index contributed by atoms with van der Waals surface area (Å²) >= 11 is 1.54. The molecule has 1 aliphatic carbocycles. The van der Waals surface area contributed by atoms with Gasteiger partial charge in [-0.15, -0.1) is 11.3 Å². The maximum atomic E-state index is 13.3. The third kappa shape index (κ3) is 4.10. The fourth-order valence-corrected chi connectivity index (χ4v) is 5.15. The van der Waals surface area contributed by atoms with Gasteiger partial charge in [-0.2, -0.15) is 0 Å². The van der Waals surface area contributed by atoms with Crippen LogP contribution in [0.3, 0.4) is 0 Å². The molecule has 5 heteroatoms. The summed E-state index contributed by atoms with van der Waals surface area (Å²) in [5, 5.41) is 6.69. The van der Waals surface area contributed by atoms with Crippen molar-refractivity contribution in [2.75, 3.05) is 10.6 Å². The number of benzene rings is 2. The normalized spacial score (nSPS) is 15.4. The number of hydrogen-bond donors (Lipinski definition) is 2. The molecular weight excluding hydrogens is 380 g/mol. The zero-order chi connectivity index (χ0) is 20.4. The third-order valence-electron chi connectivity index (χ3n) is 5.40. The molecule has 4 rings (SSSR count). The van der Waals surface area contributed by atoms with Crippen molar-refractivity contribution in [1.29, 1.82) is 0 Å². The molecule has 0 spiro atoms. The average Bonchev–Trinajstić information content (AvgIpc) is 3.07. The maximum Gasteiger partial charge on any atom is 0.258 e. The van der Waals surface area contributed by atoms with Crippen LogP contribution < -0.4 is 10.6 Å². The summed E-state index contributed by atoms with van der Waals surface area (Å²) in [4.78, 5) is 27.2. The number of carbonyl (C=O) groups is 2. The highest BCUT2D eigenvalue weighted by Gasteiger charge is 2.28. The highest BCUT2D eigenvalue weighted by Crippen LogP contribution is 2.40. The van der Waals surface area contributed by atoms with Crippen molar-refractivity contribution in [3.63, 3.8) is 0 Å². The van der Waals surface area contributed by atoms with E-state index in [0.717, 1.165) is 36.1 Å². The van der Waals surface area contributed by atoms with Gasteiger partial charge in [-0.05, 0) is 61.4 Å². The van der Waals surface area contributed by atoms with E-state index in [2.05, 4.69) is 17.6 Å². The van der Waals surface area contributed by atoms with Crippen molar-refractivity contribution in [2.24, 2.45) is 5.92 Å². The molecule has 2 amide bonds. The van der Waals surface area contributed by atoms with Crippen LogP contribution in [0.15, 0.2) is 54.6 Å². The standard InChI is InChI=1S/C24H24N2O2S/c1-15-12-13-18-20(14-15)29-24(26-22(27)17-9-4-3-5-10-17)21(18)23(28)25-19-11-7-6-8-16(19)2/h3-11,15H,12-14H2,1-2H3,(H,25,28)(H,26,27). The third-order valence-corrected chi connectivity index (χ3v) is 6.56. The Morgan fingerprint density at radius 3 is 2.45 bits per heavy atom. The van der Waals surface area contributed by atoms with E-state index in [4.69, 9.17) is 0 Å². The van der Waals surface area contributed by atoms with E-state index >= 15 is 0 Å². The first kappa shape index (κ1) is 19.4. The van der Waals surface area contributed by atoms with Crippen LogP contribution in [0.25, 0.3) is 0 Å². The molecule has 0 radical (unpaired) electrons. The minimum Gasteiger partial charge on any atom is -0.322 e. The Hall–Kier alpha value is -2.92. The quantitative estimate of drug-likeness (QED) is 0.587. The summed E-state index contributed by atoms with van der Waals surface area (Å²) in [5.41, 5.74) is 4.08. The van der Waals surface area contributed by atoms with Gasteiger partial charge in [0, 0.05) is 16.1 Å². The Morgan fingerprint density at radius 2 is 1.69 bits per heavy atom. The van der Waals surface area contributed by atoms with Crippen LogP contribution in [-0.2, 0) is 12.8 Å². The number of rotatable bonds is 4. The lowest BCUT2D eigenvalue weighted by Gasteiger charge is -2.19. The second-order valence-corrected chi connectivity index (χ2v) is 8.75. The number of thiophene rings is 1. The van der Waals surface area contributed by atoms with Gasteiger partial charge in [-0.25, -0.2) is 0 Å². The highest BCUT2D eigenvalue weighted by molar-refractivity contribution is 7.17. The predicted molar refractivity (Wildman–Crippen MR) is 119 cm³/mol. The summed E-state index contributed by atoms with van der Waals surface area (Å²) < 4.78 is 0. The Balaban J connectivity index is 1.68. The summed E-state index contributed by atoms with van der Waals surface area (Å²) in [6, 6.07) is 16.8. The van der Waals surface area contributed by atoms with Gasteiger partial charge >= 0.3 is 0 Å². The predicted octanol–water partition coefficient (Wildman–Crippen LogP) is 5.69. The molecule has 0 saturated carbocycles. The van der Waals surface area contributed by atoms with Crippen LogP contribution in [-0.4, -0.2) is 11.8 Å². The molecule has 29 heavy (non-hydrogen) atoms. The van der Waals surface area contributed by atoms with Crippen LogP contribution in [0.5, 0.6) is 0 Å². The molecule has 0 saturated heterocycles. The van der Waals surface area contributed by atoms with Crippen LogP contribution in [0.1, 0.15) is 50.1 Å². The van der Waals surface area contributed by atoms with Gasteiger partial charge in [-0.3, -0.25) is 9.59 Å². The molecule has 1 heterocycles. The van der Waals surface area contributed by atoms with E-state index < -0.39 is 0 Å². The zero-order valence-corrected chi connectivity index (χ0v) is 17.4. The van der Waals surface area contributed by atoms with E-state index in [9.17, 15) is 9.59 Å². The molecule has 1 aliphatic rings. The number of fused-ring (bicyclic) bond motifs is 1. The number of nitrogens with one attached hydrogen (secondary N) is 2. The molecule has 1 atom stereocenters. The Morgan fingerprint density at radius 1 is 0.966 bits per heavy atom. The first-order valence-corrected chi connectivity index (χ1v) is 10.7. The number of anilines is 2. The molecule has 1 unspecified atom stereocenters. The average molecular weight is 405 g/mol. The summed E-state index contributed by atoms with van der Waals surface area (Å²) in [7, 11) is 0. The monoisotopic (exact) mass is 404 g/mol. The second kappa shape index (κ2) is 8.21. The Bertz CT molecular complexity index is 1060. The maximum absolute atomic E-state index is 13.3. The molecule has 0 aliphatic heterocycles. The van der Waals surface area contributed by atoms with Gasteiger partial charge in [0.15, 0.2) is 0 Å². The zero-order valence-electron chi connectivity index (χ0n) is 16.6. The molecule has 4 nitrogen and oxygen atoms in total. The van der Waals surface area contributed by atoms with E-state index in [1.54, 1.807) is 12.1 Å². The van der Waals surface area contributed by atoms with Gasteiger partial charge in [0.25, 0.3) is 11.8 Å². The number of carbonyl (C=O) groups excluding carboxylic acids is 2. The van der Waals surface area contributed by atoms with Crippen molar-refractivity contribution in [3.05, 3.63) is 81.7 Å². The molecule has 1 aromatic heterocycles. The number of hydrogen-bond acceptors (Lipinski definition) is 3. The van der Waals surface area contributed by atoms with Crippen LogP contribution in [0, 0.1) is 12.8 Å². The van der Waals surface area contributed by atoms with E-state index in [-0.39, 0.29) is 11.8 Å². The molecular formula is C24H24N2O2S. The Labute approximate surface area is 175 Å². The van der Waals surface area contributed by atoms with E-state index in [1.165, 1.54) is 16.2 Å². The summed E-state index contributed by atoms with van der Waals surface area (Å²) in [6.45, 7) is 4.20. The first-order chi connectivity index (χ1) is 14.0. The van der Waals surface area contributed by atoms with Gasteiger partial charge in [-0.1, -0.05) is 43.3 Å². The molecule has 0 bridgehead atoms. The lowest BCUT2D eigenvalue weighted by Crippen LogP contribution is -2.19. The second-order valence-electron chi connectivity index (χ2n) is 7.65. The van der Waals surface area contributed by atoms with Crippen molar-refractivity contribution < 1.29 is 9.59 Å². The largest absolute Gasteiger partial charge is 0.322 e. The molecule has 148 valence electrons. The number of para-hydroxylation sites is 1. The van der Waals surface area contributed by atoms with Gasteiger partial charge in [0.2, 0.25) is 0 Å². The number of aryl methyl sites for hydroxylation is 1. The number of amides is 2. The van der Waals surface area contributed by atoms with Gasteiger partial charge in [0.05, 0.1) is 5.56 Å². The summed E-state index contributed by atoms with van der Waals surface area (Å²) in [6.07, 6.45) is 2.87.